The zero-order valence-electron chi connectivity index (χ0n) is 16.8. The maximum absolute atomic E-state index is 12.1. The second-order valence-corrected chi connectivity index (χ2v) is 7.37. The lowest BCUT2D eigenvalue weighted by molar-refractivity contribution is 0.0953. The Morgan fingerprint density at radius 1 is 1.10 bits per heavy atom. The van der Waals surface area contributed by atoms with Crippen LogP contribution in [0.1, 0.15) is 23.2 Å². The van der Waals surface area contributed by atoms with E-state index >= 15 is 0 Å². The molecule has 0 fully saturated rings. The van der Waals surface area contributed by atoms with Gasteiger partial charge in [0.15, 0.2) is 5.65 Å². The normalized spacial score (nSPS) is 10.9. The zero-order chi connectivity index (χ0) is 21.6. The Hall–Kier alpha value is -3.39. The molecule has 2 radical (unpaired) electrons. The summed E-state index contributed by atoms with van der Waals surface area (Å²) >= 11 is 6.36. The third-order valence-corrected chi connectivity index (χ3v) is 5.12. The molecule has 0 atom stereocenters. The number of nitrogens with zero attached hydrogens (tertiary/aromatic N) is 4. The smallest absolute Gasteiger partial charge is 0.251 e. The fraction of sp³-hybridized carbons (Fsp3) is 0.182. The van der Waals surface area contributed by atoms with Crippen LogP contribution in [0.5, 0.6) is 0 Å². The van der Waals surface area contributed by atoms with Gasteiger partial charge in [-0.25, -0.2) is 4.98 Å². The second kappa shape index (κ2) is 9.62. The summed E-state index contributed by atoms with van der Waals surface area (Å²) in [5.74, 6) is 0.681. The molecule has 0 saturated heterocycles. The third-order valence-electron chi connectivity index (χ3n) is 4.79. The zero-order valence-corrected chi connectivity index (χ0v) is 17.5. The minimum absolute atomic E-state index is 0.0948. The first kappa shape index (κ1) is 20.9. The van der Waals surface area contributed by atoms with E-state index in [2.05, 4.69) is 25.7 Å². The predicted octanol–water partition coefficient (Wildman–Crippen LogP) is 2.86. The van der Waals surface area contributed by atoms with Crippen molar-refractivity contribution in [2.24, 2.45) is 0 Å². The SMILES string of the molecule is [B]c1cnn2c(NCCCCNC(=O)c3ccncc3)cc(-c3ccccc3Cl)nc12. The largest absolute Gasteiger partial charge is 0.370 e. The molecule has 0 aliphatic heterocycles. The van der Waals surface area contributed by atoms with E-state index in [1.54, 1.807) is 35.2 Å². The summed E-state index contributed by atoms with van der Waals surface area (Å²) in [6.45, 7) is 1.29. The number of fused-ring (bicyclic) bond motifs is 1. The molecule has 0 aliphatic rings. The summed E-state index contributed by atoms with van der Waals surface area (Å²) < 4.78 is 1.68. The summed E-state index contributed by atoms with van der Waals surface area (Å²) in [5.41, 5.74) is 3.22. The number of nitrogens with one attached hydrogen (secondary N) is 2. The predicted molar refractivity (Wildman–Crippen MR) is 123 cm³/mol. The highest BCUT2D eigenvalue weighted by Gasteiger charge is 2.12. The first-order valence-corrected chi connectivity index (χ1v) is 10.3. The molecule has 0 unspecified atom stereocenters. The summed E-state index contributed by atoms with van der Waals surface area (Å²) in [6, 6.07) is 12.8. The van der Waals surface area contributed by atoms with Crippen LogP contribution in [0.4, 0.5) is 5.82 Å². The molecule has 1 amide bonds. The van der Waals surface area contributed by atoms with Crippen molar-refractivity contribution in [1.29, 1.82) is 0 Å². The number of halogens is 1. The number of carbonyl (C=O) groups is 1. The van der Waals surface area contributed by atoms with Gasteiger partial charge in [0.05, 0.1) is 5.69 Å². The first-order valence-electron chi connectivity index (χ1n) is 9.95. The molecule has 1 aromatic carbocycles. The molecule has 0 aliphatic carbocycles. The van der Waals surface area contributed by atoms with Gasteiger partial charge < -0.3 is 10.6 Å². The molecule has 4 rings (SSSR count). The number of aromatic nitrogens is 4. The lowest BCUT2D eigenvalue weighted by Crippen LogP contribution is -2.24. The quantitative estimate of drug-likeness (QED) is 0.332. The average Bonchev–Trinajstić information content (AvgIpc) is 3.17. The van der Waals surface area contributed by atoms with Crippen molar-refractivity contribution in [2.45, 2.75) is 12.8 Å². The van der Waals surface area contributed by atoms with Gasteiger partial charge in [-0.2, -0.15) is 9.61 Å². The number of pyridine rings is 1. The van der Waals surface area contributed by atoms with Crippen LogP contribution in [0.25, 0.3) is 16.9 Å². The van der Waals surface area contributed by atoms with E-state index in [0.29, 0.717) is 34.8 Å². The van der Waals surface area contributed by atoms with Gasteiger partial charge in [-0.05, 0) is 36.5 Å². The van der Waals surface area contributed by atoms with Crippen molar-refractivity contribution in [3.63, 3.8) is 0 Å². The molecule has 3 aromatic heterocycles. The minimum Gasteiger partial charge on any atom is -0.370 e. The van der Waals surface area contributed by atoms with Gasteiger partial charge in [0, 0.05) is 53.9 Å². The average molecular weight is 431 g/mol. The van der Waals surface area contributed by atoms with Crippen molar-refractivity contribution in [3.05, 3.63) is 71.6 Å². The van der Waals surface area contributed by atoms with Gasteiger partial charge in [0.2, 0.25) is 0 Å². The number of benzene rings is 1. The lowest BCUT2D eigenvalue weighted by atomic mass is 10.0. The van der Waals surface area contributed by atoms with Crippen molar-refractivity contribution >= 4 is 42.3 Å². The van der Waals surface area contributed by atoms with Crippen molar-refractivity contribution in [3.8, 4) is 11.3 Å². The highest BCUT2D eigenvalue weighted by molar-refractivity contribution is 6.36. The van der Waals surface area contributed by atoms with Gasteiger partial charge >= 0.3 is 0 Å². The van der Waals surface area contributed by atoms with E-state index in [9.17, 15) is 4.79 Å². The van der Waals surface area contributed by atoms with Crippen molar-refractivity contribution < 1.29 is 4.79 Å². The maximum Gasteiger partial charge on any atom is 0.251 e. The van der Waals surface area contributed by atoms with Gasteiger partial charge in [-0.3, -0.25) is 9.78 Å². The summed E-state index contributed by atoms with van der Waals surface area (Å²) in [7, 11) is 6.05. The number of hydrogen-bond donors (Lipinski definition) is 2. The van der Waals surface area contributed by atoms with E-state index in [1.807, 2.05) is 30.3 Å². The van der Waals surface area contributed by atoms with Crippen LogP contribution in [0.2, 0.25) is 5.02 Å². The fourth-order valence-electron chi connectivity index (χ4n) is 3.19. The number of anilines is 1. The Labute approximate surface area is 186 Å². The van der Waals surface area contributed by atoms with Crippen LogP contribution >= 0.6 is 11.6 Å². The van der Waals surface area contributed by atoms with Gasteiger partial charge in [-0.15, -0.1) is 0 Å². The summed E-state index contributed by atoms with van der Waals surface area (Å²) in [5, 5.41) is 11.2. The Balaban J connectivity index is 1.38. The molecule has 0 saturated carbocycles. The number of hydrogen-bond acceptors (Lipinski definition) is 5. The van der Waals surface area contributed by atoms with E-state index in [-0.39, 0.29) is 5.91 Å². The molecular weight excluding hydrogens is 411 g/mol. The maximum atomic E-state index is 12.1. The molecule has 2 N–H and O–H groups in total. The molecule has 31 heavy (non-hydrogen) atoms. The van der Waals surface area contributed by atoms with E-state index in [4.69, 9.17) is 19.4 Å². The Morgan fingerprint density at radius 2 is 1.87 bits per heavy atom. The molecule has 4 aromatic rings. The highest BCUT2D eigenvalue weighted by Crippen LogP contribution is 2.28. The number of unbranched alkanes of at least 4 members (excludes halogenated alkanes) is 1. The second-order valence-electron chi connectivity index (χ2n) is 6.97. The number of rotatable bonds is 8. The molecule has 154 valence electrons. The van der Waals surface area contributed by atoms with Crippen LogP contribution < -0.4 is 16.1 Å². The van der Waals surface area contributed by atoms with Crippen LogP contribution in [-0.4, -0.2) is 46.4 Å². The monoisotopic (exact) mass is 430 g/mol. The third kappa shape index (κ3) is 4.86. The van der Waals surface area contributed by atoms with Crippen molar-refractivity contribution in [1.82, 2.24) is 24.9 Å². The molecule has 9 heteroatoms. The van der Waals surface area contributed by atoms with Gasteiger partial charge in [-0.1, -0.05) is 29.8 Å². The van der Waals surface area contributed by atoms with Crippen LogP contribution in [0.3, 0.4) is 0 Å². The van der Waals surface area contributed by atoms with Crippen molar-refractivity contribution in [2.75, 3.05) is 18.4 Å². The minimum atomic E-state index is -0.0948. The van der Waals surface area contributed by atoms with Crippen LogP contribution in [-0.2, 0) is 0 Å². The number of amides is 1. The van der Waals surface area contributed by atoms with E-state index < -0.39 is 0 Å². The van der Waals surface area contributed by atoms with Crippen LogP contribution in [0.15, 0.2) is 61.1 Å². The topological polar surface area (TPSA) is 84.2 Å². The molecule has 0 spiro atoms. The molecule has 0 bridgehead atoms. The van der Waals surface area contributed by atoms with Crippen LogP contribution in [0, 0.1) is 0 Å². The molecule has 3 heterocycles. The fourth-order valence-corrected chi connectivity index (χ4v) is 3.42. The standard InChI is InChI=1S/C22H20BClN6O/c23-17-14-28-30-20(13-19(29-21(17)30)16-5-1-2-6-18(16)24)26-9-3-4-10-27-22(31)15-7-11-25-12-8-15/h1-2,5-8,11-14,26H,3-4,9-10H2,(H,27,31). The van der Waals surface area contributed by atoms with Gasteiger partial charge in [0.25, 0.3) is 5.91 Å². The Bertz CT molecular complexity index is 1200. The summed E-state index contributed by atoms with van der Waals surface area (Å²) in [6.07, 6.45) is 6.48. The molecular formula is C22H20BClN6O. The summed E-state index contributed by atoms with van der Waals surface area (Å²) in [4.78, 5) is 20.6. The lowest BCUT2D eigenvalue weighted by Gasteiger charge is -2.12. The number of carbonyl (C=O) groups excluding carboxylic acids is 1. The van der Waals surface area contributed by atoms with Gasteiger partial charge in [0.1, 0.15) is 13.7 Å². The van der Waals surface area contributed by atoms with E-state index in [1.165, 1.54) is 0 Å². The molecule has 7 nitrogen and oxygen atoms in total. The Morgan fingerprint density at radius 3 is 2.68 bits per heavy atom. The van der Waals surface area contributed by atoms with E-state index in [0.717, 1.165) is 29.9 Å². The Kier molecular flexibility index (Phi) is 6.47. The first-order chi connectivity index (χ1) is 15.1. The highest BCUT2D eigenvalue weighted by atomic mass is 35.5.